The minimum Gasteiger partial charge on any atom is -0.299 e. The van der Waals surface area contributed by atoms with Crippen molar-refractivity contribution < 1.29 is 4.79 Å². The monoisotopic (exact) mass is 330 g/mol. The van der Waals surface area contributed by atoms with Crippen LogP contribution >= 0.6 is 0 Å². The maximum absolute atomic E-state index is 13.1. The van der Waals surface area contributed by atoms with Gasteiger partial charge in [-0.05, 0) is 77.0 Å². The summed E-state index contributed by atoms with van der Waals surface area (Å²) in [5, 5.41) is 2.64. The summed E-state index contributed by atoms with van der Waals surface area (Å²) in [6.07, 6.45) is 9.70. The average molecular weight is 330 g/mol. The van der Waals surface area contributed by atoms with Crippen molar-refractivity contribution in [1.82, 2.24) is 0 Å². The zero-order valence-electron chi connectivity index (χ0n) is 15.2. The maximum Gasteiger partial charge on any atom is 0.144 e. The van der Waals surface area contributed by atoms with E-state index in [0.29, 0.717) is 23.5 Å². The van der Waals surface area contributed by atoms with E-state index in [1.54, 1.807) is 0 Å². The molecule has 1 fully saturated rings. The summed E-state index contributed by atoms with van der Waals surface area (Å²) in [6.45, 7) is 4.54. The maximum atomic E-state index is 13.1. The second-order valence-corrected chi connectivity index (χ2v) is 8.51. The number of hydrogen-bond donors (Lipinski definition) is 0. The second kappa shape index (κ2) is 5.30. The molecule has 2 aromatic rings. The lowest BCUT2D eigenvalue weighted by molar-refractivity contribution is -0.126. The molecular formula is C24H26O. The minimum atomic E-state index is -0.215. The Kier molecular flexibility index (Phi) is 3.26. The number of rotatable bonds is 2. The number of benzene rings is 2. The van der Waals surface area contributed by atoms with Crippen LogP contribution in [0.3, 0.4) is 0 Å². The highest BCUT2D eigenvalue weighted by atomic mass is 16.1. The largest absolute Gasteiger partial charge is 0.299 e. The fourth-order valence-electron chi connectivity index (χ4n) is 5.64. The van der Waals surface area contributed by atoms with Gasteiger partial charge in [0.25, 0.3) is 0 Å². The van der Waals surface area contributed by atoms with E-state index in [9.17, 15) is 4.79 Å². The van der Waals surface area contributed by atoms with Crippen LogP contribution < -0.4 is 0 Å². The van der Waals surface area contributed by atoms with Crippen LogP contribution in [-0.2, 0) is 16.6 Å². The molecule has 0 saturated heterocycles. The van der Waals surface area contributed by atoms with Crippen LogP contribution in [0.5, 0.6) is 0 Å². The molecule has 0 aromatic heterocycles. The molecule has 1 nitrogen and oxygen atoms in total. The van der Waals surface area contributed by atoms with E-state index in [2.05, 4.69) is 56.3 Å². The van der Waals surface area contributed by atoms with Crippen molar-refractivity contribution in [2.24, 2.45) is 11.8 Å². The Morgan fingerprint density at radius 2 is 2.00 bits per heavy atom. The van der Waals surface area contributed by atoms with Crippen LogP contribution in [0.4, 0.5) is 0 Å². The van der Waals surface area contributed by atoms with Gasteiger partial charge in [-0.1, -0.05) is 50.3 Å². The van der Waals surface area contributed by atoms with Crippen molar-refractivity contribution in [1.29, 1.82) is 0 Å². The first-order chi connectivity index (χ1) is 12.1. The van der Waals surface area contributed by atoms with Crippen molar-refractivity contribution in [2.75, 3.05) is 0 Å². The van der Waals surface area contributed by atoms with Gasteiger partial charge in [0, 0.05) is 6.42 Å². The molecule has 0 radical (unpaired) electrons. The van der Waals surface area contributed by atoms with Gasteiger partial charge < -0.3 is 0 Å². The first-order valence-electron chi connectivity index (χ1n) is 9.90. The predicted octanol–water partition coefficient (Wildman–Crippen LogP) is 5.70. The fraction of sp³-hybridized carbons (Fsp3) is 0.458. The van der Waals surface area contributed by atoms with E-state index in [1.165, 1.54) is 33.9 Å². The van der Waals surface area contributed by atoms with Gasteiger partial charge in [-0.2, -0.15) is 0 Å². The van der Waals surface area contributed by atoms with Crippen LogP contribution in [0.1, 0.15) is 62.1 Å². The van der Waals surface area contributed by atoms with Gasteiger partial charge in [0.05, 0.1) is 5.41 Å². The first-order valence-corrected chi connectivity index (χ1v) is 9.90. The number of hydrogen-bond acceptors (Lipinski definition) is 1. The third-order valence-corrected chi connectivity index (χ3v) is 7.26. The SMILES string of the molecule is CCC(C)c1ccc2cc3c(cc2c1)C1(CC2C=CC1C2)C(=O)CC3. The Morgan fingerprint density at radius 1 is 1.12 bits per heavy atom. The molecule has 25 heavy (non-hydrogen) atoms. The summed E-state index contributed by atoms with van der Waals surface area (Å²) in [6, 6.07) is 11.7. The quantitative estimate of drug-likeness (QED) is 0.645. The highest BCUT2D eigenvalue weighted by Crippen LogP contribution is 2.57. The average Bonchev–Trinajstić information content (AvgIpc) is 3.25. The van der Waals surface area contributed by atoms with E-state index >= 15 is 0 Å². The topological polar surface area (TPSA) is 17.1 Å². The van der Waals surface area contributed by atoms with Gasteiger partial charge in [0.15, 0.2) is 0 Å². The summed E-state index contributed by atoms with van der Waals surface area (Å²) in [5.74, 6) is 2.12. The van der Waals surface area contributed by atoms with Crippen molar-refractivity contribution >= 4 is 16.6 Å². The Bertz CT molecular complexity index is 906. The summed E-state index contributed by atoms with van der Waals surface area (Å²) in [7, 11) is 0. The molecule has 0 heterocycles. The van der Waals surface area contributed by atoms with Crippen molar-refractivity contribution in [3.05, 3.63) is 59.2 Å². The van der Waals surface area contributed by atoms with Crippen LogP contribution in [0, 0.1) is 11.8 Å². The molecule has 0 aliphatic heterocycles. The Hall–Kier alpha value is -1.89. The highest BCUT2D eigenvalue weighted by Gasteiger charge is 2.55. The molecule has 2 aromatic carbocycles. The number of carbonyl (C=O) groups is 1. The molecule has 1 saturated carbocycles. The summed E-state index contributed by atoms with van der Waals surface area (Å²) >= 11 is 0. The van der Waals surface area contributed by atoms with Crippen molar-refractivity contribution in [3.8, 4) is 0 Å². The molecule has 128 valence electrons. The second-order valence-electron chi connectivity index (χ2n) is 8.51. The zero-order valence-corrected chi connectivity index (χ0v) is 15.2. The minimum absolute atomic E-state index is 0.215. The number of allylic oxidation sites excluding steroid dienone is 2. The van der Waals surface area contributed by atoms with Gasteiger partial charge in [-0.25, -0.2) is 0 Å². The number of carbonyl (C=O) groups excluding carboxylic acids is 1. The predicted molar refractivity (Wildman–Crippen MR) is 103 cm³/mol. The van der Waals surface area contributed by atoms with Gasteiger partial charge in [-0.3, -0.25) is 4.79 Å². The highest BCUT2D eigenvalue weighted by molar-refractivity contribution is 5.96. The molecule has 1 spiro atoms. The molecule has 0 amide bonds. The van der Waals surface area contributed by atoms with Crippen LogP contribution in [0.15, 0.2) is 42.5 Å². The number of fused-ring (bicyclic) bond motifs is 6. The molecule has 1 heteroatoms. The normalized spacial score (nSPS) is 31.0. The van der Waals surface area contributed by atoms with E-state index in [0.717, 1.165) is 25.7 Å². The summed E-state index contributed by atoms with van der Waals surface area (Å²) in [5.41, 5.74) is 3.98. The lowest BCUT2D eigenvalue weighted by Gasteiger charge is -2.39. The third-order valence-electron chi connectivity index (χ3n) is 7.26. The number of aryl methyl sites for hydroxylation is 1. The van der Waals surface area contributed by atoms with E-state index in [-0.39, 0.29) is 5.41 Å². The summed E-state index contributed by atoms with van der Waals surface area (Å²) in [4.78, 5) is 13.1. The van der Waals surface area contributed by atoms with Crippen molar-refractivity contribution in [2.45, 2.75) is 57.3 Å². The Labute approximate surface area is 150 Å². The van der Waals surface area contributed by atoms with E-state index in [4.69, 9.17) is 0 Å². The van der Waals surface area contributed by atoms with Crippen LogP contribution in [0.2, 0.25) is 0 Å². The van der Waals surface area contributed by atoms with E-state index < -0.39 is 0 Å². The summed E-state index contributed by atoms with van der Waals surface area (Å²) < 4.78 is 0. The first kappa shape index (κ1) is 15.4. The van der Waals surface area contributed by atoms with Gasteiger partial charge >= 0.3 is 0 Å². The Balaban J connectivity index is 1.71. The molecule has 5 rings (SSSR count). The Morgan fingerprint density at radius 3 is 2.72 bits per heavy atom. The lowest BCUT2D eigenvalue weighted by Crippen LogP contribution is -2.43. The molecular weight excluding hydrogens is 304 g/mol. The van der Waals surface area contributed by atoms with Crippen LogP contribution in [-0.4, -0.2) is 5.78 Å². The van der Waals surface area contributed by atoms with Gasteiger partial charge in [0.1, 0.15) is 5.78 Å². The standard InChI is InChI=1S/C24H26O/c1-3-15(2)17-5-6-18-12-19-7-9-23(25)24(22(19)13-20(18)11-17)14-16-4-8-21(24)10-16/h4-6,8,11-13,15-16,21H,3,7,9-10,14H2,1-2H3. The third kappa shape index (κ3) is 2.05. The molecule has 3 aliphatic rings. The van der Waals surface area contributed by atoms with Crippen LogP contribution in [0.25, 0.3) is 10.8 Å². The number of Topliss-reactive ketones (excluding diaryl/α,β-unsaturated/α-hetero) is 1. The van der Waals surface area contributed by atoms with Gasteiger partial charge in [0.2, 0.25) is 0 Å². The molecule has 3 aliphatic carbocycles. The number of ketones is 1. The van der Waals surface area contributed by atoms with Crippen molar-refractivity contribution in [3.63, 3.8) is 0 Å². The molecule has 2 bridgehead atoms. The smallest absolute Gasteiger partial charge is 0.144 e. The zero-order chi connectivity index (χ0) is 17.2. The van der Waals surface area contributed by atoms with Gasteiger partial charge in [-0.15, -0.1) is 0 Å². The van der Waals surface area contributed by atoms with E-state index in [1.807, 2.05) is 0 Å². The molecule has 4 atom stereocenters. The lowest BCUT2D eigenvalue weighted by atomic mass is 9.62. The fourth-order valence-corrected chi connectivity index (χ4v) is 5.64. The molecule has 4 unspecified atom stereocenters. The molecule has 0 N–H and O–H groups in total.